The van der Waals surface area contributed by atoms with Gasteiger partial charge in [-0.15, -0.1) is 0 Å². The molecule has 0 radical (unpaired) electrons. The summed E-state index contributed by atoms with van der Waals surface area (Å²) in [5, 5.41) is 17.7. The van der Waals surface area contributed by atoms with Crippen molar-refractivity contribution >= 4 is 35.1 Å². The van der Waals surface area contributed by atoms with Crippen LogP contribution in [0.4, 0.5) is 8.78 Å². The molecule has 1 amide bonds. The predicted molar refractivity (Wildman–Crippen MR) is 171 cm³/mol. The van der Waals surface area contributed by atoms with E-state index < -0.39 is 47.9 Å². The smallest absolute Gasteiger partial charge is 0.305 e. The van der Waals surface area contributed by atoms with Gasteiger partial charge in [0.15, 0.2) is 0 Å². The molecule has 0 bridgehead atoms. The number of aromatic nitrogens is 2. The molecule has 2 atom stereocenters. The third-order valence-electron chi connectivity index (χ3n) is 7.88. The lowest BCUT2D eigenvalue weighted by atomic mass is 9.93. The van der Waals surface area contributed by atoms with Crippen LogP contribution in [0.2, 0.25) is 10.0 Å². The van der Waals surface area contributed by atoms with Gasteiger partial charge in [0.25, 0.3) is 5.56 Å². The molecule has 1 saturated heterocycles. The van der Waals surface area contributed by atoms with Crippen molar-refractivity contribution in [2.45, 2.75) is 72.1 Å². The molecule has 2 aromatic carbocycles. The Labute approximate surface area is 271 Å². The third kappa shape index (κ3) is 8.28. The van der Waals surface area contributed by atoms with Crippen molar-refractivity contribution in [2.24, 2.45) is 5.92 Å². The summed E-state index contributed by atoms with van der Waals surface area (Å²) in [5.74, 6) is -2.66. The number of nitrogens with zero attached hydrogens (tertiary/aromatic N) is 3. The van der Waals surface area contributed by atoms with Crippen molar-refractivity contribution in [3.63, 3.8) is 0 Å². The Morgan fingerprint density at radius 3 is 2.29 bits per heavy atom. The summed E-state index contributed by atoms with van der Waals surface area (Å²) < 4.78 is 30.1. The number of nitrogens with one attached hydrogen (secondary N) is 1. The van der Waals surface area contributed by atoms with Gasteiger partial charge in [-0.25, -0.2) is 13.5 Å². The van der Waals surface area contributed by atoms with Crippen LogP contribution in [-0.4, -0.2) is 57.5 Å². The van der Waals surface area contributed by atoms with Crippen LogP contribution in [0.25, 0.3) is 11.1 Å². The molecule has 242 valence electrons. The van der Waals surface area contributed by atoms with Crippen LogP contribution < -0.4 is 10.9 Å². The second kappa shape index (κ2) is 14.4. The summed E-state index contributed by atoms with van der Waals surface area (Å²) in [6.45, 7) is 10.0. The summed E-state index contributed by atoms with van der Waals surface area (Å²) in [5.41, 5.74) is 2.39. The normalized spacial score (nSPS) is 15.2. The number of aliphatic carboxylic acids is 1. The molecule has 1 aliphatic rings. The van der Waals surface area contributed by atoms with Crippen molar-refractivity contribution in [1.82, 2.24) is 20.0 Å². The van der Waals surface area contributed by atoms with E-state index in [4.69, 9.17) is 23.2 Å². The number of amides is 1. The summed E-state index contributed by atoms with van der Waals surface area (Å²) in [6, 6.07) is 5.73. The van der Waals surface area contributed by atoms with Crippen LogP contribution in [0, 0.1) is 32.5 Å². The lowest BCUT2D eigenvalue weighted by Gasteiger charge is -2.34. The number of carboxylic acid groups (broad SMARTS) is 1. The van der Waals surface area contributed by atoms with Crippen LogP contribution in [0.15, 0.2) is 35.1 Å². The van der Waals surface area contributed by atoms with Gasteiger partial charge in [0, 0.05) is 42.7 Å². The summed E-state index contributed by atoms with van der Waals surface area (Å²) >= 11 is 13.0. The quantitative estimate of drug-likeness (QED) is 0.233. The molecule has 0 spiro atoms. The predicted octanol–water partition coefficient (Wildman–Crippen LogP) is 6.40. The molecule has 1 fully saturated rings. The van der Waals surface area contributed by atoms with Crippen LogP contribution >= 0.6 is 23.2 Å². The Kier molecular flexibility index (Phi) is 11.0. The number of halogens is 4. The zero-order valence-corrected chi connectivity index (χ0v) is 27.5. The molecule has 12 heteroatoms. The Bertz CT molecular complexity index is 1630. The maximum Gasteiger partial charge on any atom is 0.305 e. The van der Waals surface area contributed by atoms with E-state index in [2.05, 4.69) is 10.4 Å². The minimum atomic E-state index is -1.29. The Morgan fingerprint density at radius 2 is 1.71 bits per heavy atom. The first-order chi connectivity index (χ1) is 21.1. The van der Waals surface area contributed by atoms with E-state index in [0.717, 1.165) is 10.2 Å². The van der Waals surface area contributed by atoms with E-state index in [1.54, 1.807) is 31.2 Å². The Morgan fingerprint density at radius 1 is 1.07 bits per heavy atom. The van der Waals surface area contributed by atoms with E-state index in [1.165, 1.54) is 13.0 Å². The Hall–Kier alpha value is -3.34. The number of hydrogen-bond donors (Lipinski definition) is 2. The van der Waals surface area contributed by atoms with E-state index in [9.17, 15) is 23.9 Å². The maximum atomic E-state index is 15.7. The molecule has 2 N–H and O–H groups in total. The fourth-order valence-electron chi connectivity index (χ4n) is 5.62. The van der Waals surface area contributed by atoms with Gasteiger partial charge >= 0.3 is 5.97 Å². The number of likely N-dealkylation sites (tertiary alicyclic amines) is 1. The lowest BCUT2D eigenvalue weighted by molar-refractivity contribution is -0.138. The highest BCUT2D eigenvalue weighted by atomic mass is 35.5. The van der Waals surface area contributed by atoms with Gasteiger partial charge in [-0.2, -0.15) is 5.10 Å². The number of hydrogen-bond acceptors (Lipinski definition) is 5. The van der Waals surface area contributed by atoms with Crippen molar-refractivity contribution < 1.29 is 23.5 Å². The standard InChI is InChI=1S/C33H38Cl2F2N4O4/c1-17(2)8-28(41-33(45)20(5)12-23(39-41)6-7-40-15-22(36)16-40)32(44)38-27(14-29(42)43)24-13-21(11-19(4)31(24)37)30-25(34)9-18(3)10-26(30)35/h9-13,17,22,27-28H,6-8,14-16H2,1-5H3,(H,38,44)(H,42,43)/t27-,28-/m0/s1. The number of alkyl halides is 1. The molecule has 3 aromatic rings. The largest absolute Gasteiger partial charge is 0.481 e. The molecule has 0 saturated carbocycles. The molecule has 45 heavy (non-hydrogen) atoms. The average molecular weight is 664 g/mol. The number of carbonyl (C=O) groups is 2. The summed E-state index contributed by atoms with van der Waals surface area (Å²) in [7, 11) is 0. The summed E-state index contributed by atoms with van der Waals surface area (Å²) in [6.07, 6.45) is -0.797. The highest BCUT2D eigenvalue weighted by Crippen LogP contribution is 2.38. The maximum absolute atomic E-state index is 15.7. The van der Waals surface area contributed by atoms with Crippen molar-refractivity contribution in [1.29, 1.82) is 0 Å². The zero-order chi connectivity index (χ0) is 33.2. The fourth-order valence-corrected chi connectivity index (χ4v) is 6.43. The molecule has 2 heterocycles. The van der Waals surface area contributed by atoms with Crippen LogP contribution in [0.5, 0.6) is 0 Å². The zero-order valence-electron chi connectivity index (χ0n) is 26.0. The minimum absolute atomic E-state index is 0.0490. The number of rotatable bonds is 12. The molecule has 0 unspecified atom stereocenters. The van der Waals surface area contributed by atoms with E-state index in [0.29, 0.717) is 58.5 Å². The second-order valence-corrected chi connectivity index (χ2v) is 13.1. The first-order valence-electron chi connectivity index (χ1n) is 14.9. The van der Waals surface area contributed by atoms with Gasteiger partial charge in [0.2, 0.25) is 5.91 Å². The molecule has 1 aromatic heterocycles. The molecule has 1 aliphatic heterocycles. The lowest BCUT2D eigenvalue weighted by Crippen LogP contribution is -2.49. The van der Waals surface area contributed by atoms with Gasteiger partial charge in [0.05, 0.1) is 28.2 Å². The van der Waals surface area contributed by atoms with Crippen molar-refractivity contribution in [2.75, 3.05) is 19.6 Å². The fraction of sp³-hybridized carbons (Fsp3) is 0.455. The van der Waals surface area contributed by atoms with E-state index in [1.807, 2.05) is 25.7 Å². The second-order valence-electron chi connectivity index (χ2n) is 12.3. The minimum Gasteiger partial charge on any atom is -0.481 e. The average Bonchev–Trinajstić information content (AvgIpc) is 2.91. The molecule has 4 rings (SSSR count). The highest BCUT2D eigenvalue weighted by Gasteiger charge is 2.31. The van der Waals surface area contributed by atoms with Crippen molar-refractivity contribution in [3.8, 4) is 11.1 Å². The first kappa shape index (κ1) is 34.5. The molecule has 8 nitrogen and oxygen atoms in total. The third-order valence-corrected chi connectivity index (χ3v) is 8.48. The SMILES string of the molecule is Cc1cc(Cl)c(-c2cc(C)c(F)c([C@H](CC(=O)O)NC(=O)[C@H](CC(C)C)n3nc(CCN4CC(F)C4)cc(C)c3=O)c2)c(Cl)c1. The van der Waals surface area contributed by atoms with Gasteiger partial charge in [-0.1, -0.05) is 37.0 Å². The number of benzene rings is 2. The monoisotopic (exact) mass is 662 g/mol. The van der Waals surface area contributed by atoms with E-state index >= 15 is 4.39 Å². The van der Waals surface area contributed by atoms with Crippen LogP contribution in [-0.2, 0) is 16.0 Å². The molecular formula is C33H38Cl2F2N4O4. The number of carbonyl (C=O) groups excluding carboxylic acids is 1. The van der Waals surface area contributed by atoms with Gasteiger partial charge in [-0.3, -0.25) is 19.3 Å². The van der Waals surface area contributed by atoms with Gasteiger partial charge < -0.3 is 10.4 Å². The van der Waals surface area contributed by atoms with Gasteiger partial charge in [0.1, 0.15) is 18.0 Å². The Balaban J connectivity index is 1.72. The number of aryl methyl sites for hydroxylation is 3. The van der Waals surface area contributed by atoms with Crippen LogP contribution in [0.3, 0.4) is 0 Å². The molecular weight excluding hydrogens is 625 g/mol. The van der Waals surface area contributed by atoms with Crippen LogP contribution in [0.1, 0.15) is 66.7 Å². The van der Waals surface area contributed by atoms with Gasteiger partial charge in [-0.05, 0) is 80.1 Å². The topological polar surface area (TPSA) is 105 Å². The summed E-state index contributed by atoms with van der Waals surface area (Å²) in [4.78, 5) is 41.2. The number of carboxylic acids is 1. The first-order valence-corrected chi connectivity index (χ1v) is 15.6. The molecule has 0 aliphatic carbocycles. The highest BCUT2D eigenvalue weighted by molar-refractivity contribution is 6.39. The van der Waals surface area contributed by atoms with E-state index in [-0.39, 0.29) is 23.5 Å². The van der Waals surface area contributed by atoms with Crippen molar-refractivity contribution in [3.05, 3.63) is 84.5 Å².